The fraction of sp³-hybridized carbons (Fsp3) is 0.385. The van der Waals surface area contributed by atoms with E-state index in [4.69, 9.17) is 0 Å². The van der Waals surface area contributed by atoms with Crippen LogP contribution in [0.2, 0.25) is 0 Å². The van der Waals surface area contributed by atoms with Crippen molar-refractivity contribution in [3.05, 3.63) is 94.1 Å². The van der Waals surface area contributed by atoms with Crippen LogP contribution in [0.3, 0.4) is 0 Å². The molecule has 3 atom stereocenters. The first-order chi connectivity index (χ1) is 28.9. The van der Waals surface area contributed by atoms with E-state index >= 15 is 8.78 Å². The van der Waals surface area contributed by atoms with Crippen LogP contribution in [-0.4, -0.2) is 70.7 Å². The molecule has 63 heavy (non-hydrogen) atoms. The number of rotatable bonds is 11. The molecule has 5 aromatic rings. The molecule has 0 bridgehead atoms. The summed E-state index contributed by atoms with van der Waals surface area (Å²) < 4.78 is 195. The third kappa shape index (κ3) is 9.20. The Morgan fingerprint density at radius 2 is 1.60 bits per heavy atom. The normalized spacial score (nSPS) is 17.7. The van der Waals surface area contributed by atoms with Crippen LogP contribution in [0.25, 0.3) is 22.0 Å². The van der Waals surface area contributed by atoms with Gasteiger partial charge in [0.15, 0.2) is 21.3 Å². The zero-order chi connectivity index (χ0) is 46.4. The standard InChI is InChI=1S/C39H33F10N7O5S2/c1-36(2,62(3,58)59)11-10-22-8-9-23(24-6-5-7-25-32(24)56(18-37(42,43)44)53-35(25)54-63(4,60)61)31(50-22)28(14-19-12-20(40)15-21(41)13-19)51-29(57)17-55-34-30(33(52-55)39(47,48)49)26-16-27(26)38(34,45)46/h5-9,12-13,15,26-28H,14,16-18H2,1-4H3,(H,51,57)(H,53,54)/t26-,27+,28-/m0/s1. The summed E-state index contributed by atoms with van der Waals surface area (Å²) in [5.41, 5.74) is -4.80. The summed E-state index contributed by atoms with van der Waals surface area (Å²) in [7, 11) is -7.97. The topological polar surface area (TPSA) is 158 Å². The Hall–Kier alpha value is -5.70. The number of alkyl halides is 8. The molecule has 2 aromatic carbocycles. The van der Waals surface area contributed by atoms with Crippen molar-refractivity contribution >= 4 is 42.5 Å². The summed E-state index contributed by atoms with van der Waals surface area (Å²) in [4.78, 5) is 18.5. The molecule has 1 amide bonds. The van der Waals surface area contributed by atoms with Crippen molar-refractivity contribution < 1.29 is 65.5 Å². The summed E-state index contributed by atoms with van der Waals surface area (Å²) in [6.45, 7) is -0.449. The summed E-state index contributed by atoms with van der Waals surface area (Å²) in [5.74, 6) is -5.21. The fourth-order valence-electron chi connectivity index (χ4n) is 7.48. The van der Waals surface area contributed by atoms with Gasteiger partial charge in [-0.2, -0.15) is 45.3 Å². The van der Waals surface area contributed by atoms with Crippen LogP contribution >= 0.6 is 0 Å². The van der Waals surface area contributed by atoms with Crippen LogP contribution in [0.1, 0.15) is 66.1 Å². The zero-order valence-electron chi connectivity index (χ0n) is 33.1. The minimum Gasteiger partial charge on any atom is -0.346 e. The zero-order valence-corrected chi connectivity index (χ0v) is 34.7. The molecule has 3 heterocycles. The number of aromatic nitrogens is 5. The number of sulfonamides is 1. The summed E-state index contributed by atoms with van der Waals surface area (Å²) >= 11 is 0. The van der Waals surface area contributed by atoms with E-state index in [0.29, 0.717) is 10.7 Å². The van der Waals surface area contributed by atoms with Gasteiger partial charge in [0, 0.05) is 40.3 Å². The number of sulfone groups is 1. The van der Waals surface area contributed by atoms with Crippen LogP contribution in [0.15, 0.2) is 48.5 Å². The highest BCUT2D eigenvalue weighted by Gasteiger charge is 2.68. The number of fused-ring (bicyclic) bond motifs is 4. The molecule has 0 aliphatic heterocycles. The molecule has 2 aliphatic carbocycles. The summed E-state index contributed by atoms with van der Waals surface area (Å²) in [6, 6.07) is 6.87. The van der Waals surface area contributed by atoms with E-state index in [-0.39, 0.29) is 50.1 Å². The maximum Gasteiger partial charge on any atom is 0.435 e. The second-order valence-corrected chi connectivity index (χ2v) is 20.1. The summed E-state index contributed by atoms with van der Waals surface area (Å²) in [6.07, 6.45) is -9.32. The molecular formula is C39H33F10N7O5S2. The highest BCUT2D eigenvalue weighted by molar-refractivity contribution is 7.92. The van der Waals surface area contributed by atoms with Crippen molar-refractivity contribution in [2.45, 2.75) is 74.8 Å². The third-order valence-electron chi connectivity index (χ3n) is 10.5. The summed E-state index contributed by atoms with van der Waals surface area (Å²) in [5, 5.41) is 9.54. The Morgan fingerprint density at radius 1 is 0.937 bits per heavy atom. The Balaban J connectivity index is 1.43. The average molecular weight is 934 g/mol. The van der Waals surface area contributed by atoms with Crippen LogP contribution in [0, 0.1) is 29.4 Å². The number of carbonyl (C=O) groups excluding carboxylic acids is 1. The van der Waals surface area contributed by atoms with E-state index in [0.717, 1.165) is 24.6 Å². The Labute approximate surface area is 352 Å². The first kappa shape index (κ1) is 45.3. The van der Waals surface area contributed by atoms with E-state index < -0.39 is 121 Å². The van der Waals surface area contributed by atoms with Crippen molar-refractivity contribution in [2.24, 2.45) is 5.92 Å². The highest BCUT2D eigenvalue weighted by atomic mass is 32.2. The Bertz CT molecular complexity index is 2970. The second-order valence-electron chi connectivity index (χ2n) is 15.8. The first-order valence-electron chi connectivity index (χ1n) is 18.5. The molecular weight excluding hydrogens is 901 g/mol. The number of para-hydroxylation sites is 1. The number of carbonyl (C=O) groups is 1. The van der Waals surface area contributed by atoms with E-state index in [9.17, 15) is 56.8 Å². The van der Waals surface area contributed by atoms with Gasteiger partial charge >= 0.3 is 12.4 Å². The average Bonchev–Trinajstić information content (AvgIpc) is 3.66. The van der Waals surface area contributed by atoms with Crippen molar-refractivity contribution in [3.8, 4) is 23.0 Å². The lowest BCUT2D eigenvalue weighted by atomic mass is 9.93. The Kier molecular flexibility index (Phi) is 11.0. The molecule has 2 N–H and O–H groups in total. The smallest absolute Gasteiger partial charge is 0.346 e. The van der Waals surface area contributed by atoms with Gasteiger partial charge in [-0.25, -0.2) is 30.6 Å². The number of anilines is 1. The van der Waals surface area contributed by atoms with Crippen molar-refractivity contribution in [2.75, 3.05) is 17.2 Å². The maximum absolute atomic E-state index is 15.4. The molecule has 3 aromatic heterocycles. The predicted octanol–water partition coefficient (Wildman–Crippen LogP) is 7.01. The maximum atomic E-state index is 15.4. The van der Waals surface area contributed by atoms with E-state index in [1.165, 1.54) is 44.2 Å². The molecule has 2 aliphatic rings. The molecule has 1 fully saturated rings. The van der Waals surface area contributed by atoms with Gasteiger partial charge in [-0.3, -0.25) is 18.9 Å². The van der Waals surface area contributed by atoms with Gasteiger partial charge in [0.25, 0.3) is 5.92 Å². The number of nitrogens with one attached hydrogen (secondary N) is 2. The van der Waals surface area contributed by atoms with Gasteiger partial charge in [-0.1, -0.05) is 18.1 Å². The van der Waals surface area contributed by atoms with Crippen LogP contribution in [0.5, 0.6) is 0 Å². The quantitative estimate of drug-likeness (QED) is 0.106. The van der Waals surface area contributed by atoms with Crippen molar-refractivity contribution in [1.82, 2.24) is 29.9 Å². The first-order valence-corrected chi connectivity index (χ1v) is 22.3. The fourth-order valence-corrected chi connectivity index (χ4v) is 8.22. The minimum atomic E-state index is -5.17. The van der Waals surface area contributed by atoms with Gasteiger partial charge in [-0.05, 0) is 74.4 Å². The molecule has 0 unspecified atom stereocenters. The van der Waals surface area contributed by atoms with Gasteiger partial charge in [-0.15, -0.1) is 0 Å². The molecule has 336 valence electrons. The number of amides is 1. The van der Waals surface area contributed by atoms with E-state index in [1.54, 1.807) is 0 Å². The van der Waals surface area contributed by atoms with Crippen LogP contribution in [-0.2, 0) is 56.3 Å². The van der Waals surface area contributed by atoms with Crippen molar-refractivity contribution in [3.63, 3.8) is 0 Å². The SMILES string of the molecule is CC(C)(C#Cc1ccc(-c2cccc3c(NS(C)(=O)=O)nn(CC(F)(F)F)c23)c([C@H](Cc2cc(F)cc(F)c2)NC(=O)Cn2nc(C(F)(F)F)c3c2C(F)(F)[C@@H]2C[C@H]32)n1)S(C)(=O)=O. The monoisotopic (exact) mass is 933 g/mol. The van der Waals surface area contributed by atoms with Gasteiger partial charge < -0.3 is 5.32 Å². The van der Waals surface area contributed by atoms with E-state index in [1.807, 2.05) is 0 Å². The number of pyridine rings is 1. The minimum absolute atomic E-state index is 0.143. The van der Waals surface area contributed by atoms with Crippen LogP contribution in [0.4, 0.5) is 49.7 Å². The van der Waals surface area contributed by atoms with Gasteiger partial charge in [0.1, 0.15) is 40.9 Å². The molecule has 0 radical (unpaired) electrons. The van der Waals surface area contributed by atoms with Gasteiger partial charge in [0.05, 0.1) is 23.5 Å². The number of halogens is 10. The molecule has 24 heteroatoms. The number of nitrogens with zero attached hydrogens (tertiary/aromatic N) is 5. The third-order valence-corrected chi connectivity index (χ3v) is 13.1. The Morgan fingerprint density at radius 3 is 2.21 bits per heavy atom. The predicted molar refractivity (Wildman–Crippen MR) is 206 cm³/mol. The molecule has 1 saturated carbocycles. The molecule has 12 nitrogen and oxygen atoms in total. The van der Waals surface area contributed by atoms with E-state index in [2.05, 4.69) is 37.1 Å². The lowest BCUT2D eigenvalue weighted by molar-refractivity contribution is -0.142. The molecule has 0 saturated heterocycles. The lowest BCUT2D eigenvalue weighted by Crippen LogP contribution is -2.35. The van der Waals surface area contributed by atoms with Crippen molar-refractivity contribution in [1.29, 1.82) is 0 Å². The second kappa shape index (κ2) is 15.2. The molecule has 0 spiro atoms. The molecule has 7 rings (SSSR count). The highest BCUT2D eigenvalue weighted by Crippen LogP contribution is 2.68. The van der Waals surface area contributed by atoms with Crippen LogP contribution < -0.4 is 10.0 Å². The lowest BCUT2D eigenvalue weighted by Gasteiger charge is -2.23. The number of hydrogen-bond acceptors (Lipinski definition) is 8. The number of benzene rings is 2. The largest absolute Gasteiger partial charge is 0.435 e. The number of hydrogen-bond donors (Lipinski definition) is 2. The van der Waals surface area contributed by atoms with Gasteiger partial charge in [0.2, 0.25) is 15.9 Å².